The Balaban J connectivity index is 2.02. The second kappa shape index (κ2) is 9.32. The van der Waals surface area contributed by atoms with Crippen LogP contribution in [0.2, 0.25) is 0 Å². The summed E-state index contributed by atoms with van der Waals surface area (Å²) in [6.45, 7) is 3.08. The fourth-order valence-corrected chi connectivity index (χ4v) is 2.79. The molecule has 1 N–H and O–H groups in total. The molecular weight excluding hydrogens is 386 g/mol. The van der Waals surface area contributed by atoms with Crippen LogP contribution in [0.1, 0.15) is 29.3 Å². The van der Waals surface area contributed by atoms with Crippen molar-refractivity contribution < 1.29 is 19.0 Å². The molecule has 0 atom stereocenters. The third kappa shape index (κ3) is 5.13. The van der Waals surface area contributed by atoms with Gasteiger partial charge in [-0.15, -0.1) is 0 Å². The van der Waals surface area contributed by atoms with Crippen molar-refractivity contribution in [1.82, 2.24) is 5.32 Å². The van der Waals surface area contributed by atoms with Crippen LogP contribution in [0, 0.1) is 0 Å². The summed E-state index contributed by atoms with van der Waals surface area (Å²) in [4.78, 5) is 12.3. The molecule has 0 saturated heterocycles. The molecule has 2 rings (SSSR count). The van der Waals surface area contributed by atoms with Crippen LogP contribution in [0.25, 0.3) is 0 Å². The Bertz CT molecular complexity index is 733. The molecule has 1 amide bonds. The Hall–Kier alpha value is -2.21. The summed E-state index contributed by atoms with van der Waals surface area (Å²) in [6, 6.07) is 10.9. The topological polar surface area (TPSA) is 56.8 Å². The minimum absolute atomic E-state index is 0.159. The van der Waals surface area contributed by atoms with E-state index < -0.39 is 0 Å². The van der Waals surface area contributed by atoms with Crippen LogP contribution in [0.5, 0.6) is 17.2 Å². The van der Waals surface area contributed by atoms with Gasteiger partial charge in [0.1, 0.15) is 5.75 Å². The van der Waals surface area contributed by atoms with Crippen molar-refractivity contribution in [1.29, 1.82) is 0 Å². The lowest BCUT2D eigenvalue weighted by atomic mass is 10.1. The van der Waals surface area contributed by atoms with Gasteiger partial charge in [0.2, 0.25) is 0 Å². The normalized spacial score (nSPS) is 10.2. The zero-order chi connectivity index (χ0) is 18.2. The van der Waals surface area contributed by atoms with Crippen LogP contribution in [-0.2, 0) is 6.54 Å². The van der Waals surface area contributed by atoms with Crippen molar-refractivity contribution in [2.45, 2.75) is 19.9 Å². The second-order valence-corrected chi connectivity index (χ2v) is 6.22. The first-order chi connectivity index (χ1) is 12.1. The van der Waals surface area contributed by atoms with Crippen LogP contribution >= 0.6 is 15.9 Å². The summed E-state index contributed by atoms with van der Waals surface area (Å²) in [7, 11) is 3.19. The Labute approximate surface area is 156 Å². The van der Waals surface area contributed by atoms with Crippen LogP contribution in [0.4, 0.5) is 0 Å². The molecule has 134 valence electrons. The summed E-state index contributed by atoms with van der Waals surface area (Å²) in [5.74, 6) is 1.89. The maximum absolute atomic E-state index is 12.3. The van der Waals surface area contributed by atoms with E-state index in [1.807, 2.05) is 25.1 Å². The molecule has 5 nitrogen and oxygen atoms in total. The minimum Gasteiger partial charge on any atom is -0.496 e. The van der Waals surface area contributed by atoms with Gasteiger partial charge in [-0.3, -0.25) is 4.79 Å². The van der Waals surface area contributed by atoms with Gasteiger partial charge in [-0.05, 0) is 58.2 Å². The molecule has 0 saturated carbocycles. The second-order valence-electron chi connectivity index (χ2n) is 5.37. The quantitative estimate of drug-likeness (QED) is 0.712. The highest BCUT2D eigenvalue weighted by atomic mass is 79.9. The maximum Gasteiger partial charge on any atom is 0.251 e. The van der Waals surface area contributed by atoms with E-state index in [9.17, 15) is 4.79 Å². The zero-order valence-electron chi connectivity index (χ0n) is 14.6. The van der Waals surface area contributed by atoms with E-state index in [0.29, 0.717) is 36.0 Å². The zero-order valence-corrected chi connectivity index (χ0v) is 16.2. The molecule has 2 aromatic rings. The SMILES string of the molecule is CCCOc1ccc(CNC(=O)c2ccc(OC)c(Br)c2)cc1OC. The van der Waals surface area contributed by atoms with E-state index in [1.54, 1.807) is 32.4 Å². The van der Waals surface area contributed by atoms with Crippen molar-refractivity contribution in [3.8, 4) is 17.2 Å². The van der Waals surface area contributed by atoms with Gasteiger partial charge in [0.15, 0.2) is 11.5 Å². The van der Waals surface area contributed by atoms with Gasteiger partial charge in [-0.1, -0.05) is 13.0 Å². The molecule has 0 spiro atoms. The average molecular weight is 408 g/mol. The highest BCUT2D eigenvalue weighted by Crippen LogP contribution is 2.28. The van der Waals surface area contributed by atoms with Gasteiger partial charge < -0.3 is 19.5 Å². The molecule has 0 aliphatic rings. The van der Waals surface area contributed by atoms with E-state index in [4.69, 9.17) is 14.2 Å². The number of benzene rings is 2. The largest absolute Gasteiger partial charge is 0.496 e. The molecule has 0 aliphatic heterocycles. The molecular formula is C19H22BrNO4. The first-order valence-corrected chi connectivity index (χ1v) is 8.79. The van der Waals surface area contributed by atoms with Crippen molar-refractivity contribution in [2.24, 2.45) is 0 Å². The molecule has 2 aromatic carbocycles. The Kier molecular flexibility index (Phi) is 7.13. The van der Waals surface area contributed by atoms with Crippen LogP contribution < -0.4 is 19.5 Å². The number of carbonyl (C=O) groups is 1. The predicted octanol–water partition coefficient (Wildman–Crippen LogP) is 4.19. The van der Waals surface area contributed by atoms with Gasteiger partial charge in [0.25, 0.3) is 5.91 Å². The average Bonchev–Trinajstić information content (AvgIpc) is 2.64. The van der Waals surface area contributed by atoms with E-state index in [1.165, 1.54) is 0 Å². The summed E-state index contributed by atoms with van der Waals surface area (Å²) in [5, 5.41) is 2.90. The smallest absolute Gasteiger partial charge is 0.251 e. The fraction of sp³-hybridized carbons (Fsp3) is 0.316. The molecule has 0 heterocycles. The molecule has 0 bridgehead atoms. The number of halogens is 1. The molecule has 25 heavy (non-hydrogen) atoms. The van der Waals surface area contributed by atoms with Crippen LogP contribution in [-0.4, -0.2) is 26.7 Å². The number of amides is 1. The standard InChI is InChI=1S/C19H22BrNO4/c1-4-9-25-17-7-5-13(10-18(17)24-3)12-21-19(22)14-6-8-16(23-2)15(20)11-14/h5-8,10-11H,4,9,12H2,1-3H3,(H,21,22). The van der Waals surface area contributed by atoms with Crippen molar-refractivity contribution in [3.05, 3.63) is 52.0 Å². The van der Waals surface area contributed by atoms with Crippen molar-refractivity contribution >= 4 is 21.8 Å². The van der Waals surface area contributed by atoms with Gasteiger partial charge in [-0.25, -0.2) is 0 Å². The van der Waals surface area contributed by atoms with E-state index in [2.05, 4.69) is 21.2 Å². The third-order valence-electron chi connectivity index (χ3n) is 3.56. The minimum atomic E-state index is -0.159. The van der Waals surface area contributed by atoms with E-state index in [-0.39, 0.29) is 5.91 Å². The first-order valence-electron chi connectivity index (χ1n) is 8.00. The summed E-state index contributed by atoms with van der Waals surface area (Å²) >= 11 is 3.38. The van der Waals surface area contributed by atoms with Gasteiger partial charge >= 0.3 is 0 Å². The van der Waals surface area contributed by atoms with Crippen LogP contribution in [0.15, 0.2) is 40.9 Å². The Morgan fingerprint density at radius 2 is 1.76 bits per heavy atom. The summed E-state index contributed by atoms with van der Waals surface area (Å²) in [6.07, 6.45) is 0.929. The predicted molar refractivity (Wildman–Crippen MR) is 101 cm³/mol. The summed E-state index contributed by atoms with van der Waals surface area (Å²) in [5.41, 5.74) is 1.49. The molecule has 0 unspecified atom stereocenters. The molecule has 6 heteroatoms. The number of nitrogens with one attached hydrogen (secondary N) is 1. The lowest BCUT2D eigenvalue weighted by Crippen LogP contribution is -2.22. The highest BCUT2D eigenvalue weighted by molar-refractivity contribution is 9.10. The number of hydrogen-bond acceptors (Lipinski definition) is 4. The number of methoxy groups -OCH3 is 2. The lowest BCUT2D eigenvalue weighted by molar-refractivity contribution is 0.0950. The fourth-order valence-electron chi connectivity index (χ4n) is 2.25. The van der Waals surface area contributed by atoms with Gasteiger partial charge in [0.05, 0.1) is 25.3 Å². The number of ether oxygens (including phenoxy) is 3. The molecule has 0 aromatic heterocycles. The monoisotopic (exact) mass is 407 g/mol. The van der Waals surface area contributed by atoms with Gasteiger partial charge in [0, 0.05) is 12.1 Å². The van der Waals surface area contributed by atoms with Crippen molar-refractivity contribution in [2.75, 3.05) is 20.8 Å². The highest BCUT2D eigenvalue weighted by Gasteiger charge is 2.10. The molecule has 0 aliphatic carbocycles. The number of hydrogen-bond donors (Lipinski definition) is 1. The Morgan fingerprint density at radius 3 is 2.40 bits per heavy atom. The van der Waals surface area contributed by atoms with Crippen molar-refractivity contribution in [3.63, 3.8) is 0 Å². The first kappa shape index (κ1) is 19.1. The maximum atomic E-state index is 12.3. The van der Waals surface area contributed by atoms with Gasteiger partial charge in [-0.2, -0.15) is 0 Å². The number of carbonyl (C=O) groups excluding carboxylic acids is 1. The molecule has 0 fully saturated rings. The van der Waals surface area contributed by atoms with E-state index >= 15 is 0 Å². The lowest BCUT2D eigenvalue weighted by Gasteiger charge is -2.12. The molecule has 0 radical (unpaired) electrons. The van der Waals surface area contributed by atoms with Crippen LogP contribution in [0.3, 0.4) is 0 Å². The third-order valence-corrected chi connectivity index (χ3v) is 4.18. The Morgan fingerprint density at radius 1 is 1.04 bits per heavy atom. The van der Waals surface area contributed by atoms with E-state index in [0.717, 1.165) is 16.5 Å². The number of rotatable bonds is 8. The summed E-state index contributed by atoms with van der Waals surface area (Å²) < 4.78 is 16.9.